The van der Waals surface area contributed by atoms with Crippen LogP contribution in [0.1, 0.15) is 22.4 Å². The highest BCUT2D eigenvalue weighted by Crippen LogP contribution is 2.29. The van der Waals surface area contributed by atoms with Crippen LogP contribution >= 0.6 is 11.3 Å². The molecule has 1 N–H and O–H groups in total. The highest BCUT2D eigenvalue weighted by Gasteiger charge is 2.18. The third-order valence-electron chi connectivity index (χ3n) is 4.22. The molecule has 2 heterocycles. The number of carbonyl (C=O) groups is 1. The van der Waals surface area contributed by atoms with Gasteiger partial charge in [0.15, 0.2) is 0 Å². The number of aryl methyl sites for hydroxylation is 3. The lowest BCUT2D eigenvalue weighted by Gasteiger charge is -2.13. The number of nitrogens with zero attached hydrogens (tertiary/aromatic N) is 2. The average molecular weight is 342 g/mol. The second kappa shape index (κ2) is 6.20. The molecule has 0 spiro atoms. The first kappa shape index (κ1) is 16.4. The smallest absolute Gasteiger partial charge is 0.305 e. The number of thiophene rings is 1. The Kier molecular flexibility index (Phi) is 4.24. The van der Waals surface area contributed by atoms with E-state index in [2.05, 4.69) is 0 Å². The number of hydrogen-bond donors (Lipinski definition) is 1. The van der Waals surface area contributed by atoms with Crippen molar-refractivity contribution in [3.63, 3.8) is 0 Å². The van der Waals surface area contributed by atoms with Gasteiger partial charge in [-0.25, -0.2) is 4.98 Å². The van der Waals surface area contributed by atoms with E-state index in [1.165, 1.54) is 15.9 Å². The molecule has 2 aromatic heterocycles. The molecule has 0 saturated carbocycles. The number of aliphatic carboxylic acids is 1. The minimum absolute atomic E-state index is 0.106. The van der Waals surface area contributed by atoms with Crippen LogP contribution < -0.4 is 5.56 Å². The second-order valence-electron chi connectivity index (χ2n) is 5.81. The molecule has 24 heavy (non-hydrogen) atoms. The van der Waals surface area contributed by atoms with E-state index in [-0.39, 0.29) is 18.5 Å². The van der Waals surface area contributed by atoms with Crippen LogP contribution in [0.25, 0.3) is 21.6 Å². The van der Waals surface area contributed by atoms with Crippen molar-refractivity contribution >= 4 is 27.5 Å². The van der Waals surface area contributed by atoms with Crippen LogP contribution in [-0.4, -0.2) is 20.6 Å². The summed E-state index contributed by atoms with van der Waals surface area (Å²) < 4.78 is 1.50. The van der Waals surface area contributed by atoms with E-state index in [9.17, 15) is 9.59 Å². The lowest BCUT2D eigenvalue weighted by Crippen LogP contribution is -2.25. The lowest BCUT2D eigenvalue weighted by atomic mass is 10.1. The summed E-state index contributed by atoms with van der Waals surface area (Å²) in [6.07, 6.45) is -0.117. The summed E-state index contributed by atoms with van der Waals surface area (Å²) in [4.78, 5) is 30.5. The quantitative estimate of drug-likeness (QED) is 0.787. The lowest BCUT2D eigenvalue weighted by molar-refractivity contribution is -0.137. The molecule has 0 saturated heterocycles. The van der Waals surface area contributed by atoms with Crippen LogP contribution in [0.5, 0.6) is 0 Å². The zero-order valence-corrected chi connectivity index (χ0v) is 14.6. The highest BCUT2D eigenvalue weighted by atomic mass is 32.1. The minimum atomic E-state index is -0.934. The Labute approximate surface area is 143 Å². The van der Waals surface area contributed by atoms with E-state index in [4.69, 9.17) is 10.1 Å². The molecule has 0 radical (unpaired) electrons. The molecule has 0 fully saturated rings. The monoisotopic (exact) mass is 342 g/mol. The molecule has 0 aliphatic heterocycles. The van der Waals surface area contributed by atoms with Gasteiger partial charge in [-0.15, -0.1) is 11.3 Å². The van der Waals surface area contributed by atoms with E-state index in [0.717, 1.165) is 21.6 Å². The largest absolute Gasteiger partial charge is 0.481 e. The normalized spacial score (nSPS) is 11.1. The molecular formula is C18H18N2O3S. The minimum Gasteiger partial charge on any atom is -0.481 e. The molecule has 0 aliphatic carbocycles. The van der Waals surface area contributed by atoms with Gasteiger partial charge in [-0.05, 0) is 31.9 Å². The van der Waals surface area contributed by atoms with E-state index >= 15 is 0 Å². The van der Waals surface area contributed by atoms with Crippen molar-refractivity contribution in [3.8, 4) is 11.4 Å². The van der Waals surface area contributed by atoms with Crippen molar-refractivity contribution in [3.05, 3.63) is 50.6 Å². The zero-order chi connectivity index (χ0) is 17.4. The maximum absolute atomic E-state index is 13.0. The summed E-state index contributed by atoms with van der Waals surface area (Å²) in [5.41, 5.74) is 2.61. The number of aromatic nitrogens is 2. The third-order valence-corrected chi connectivity index (χ3v) is 5.33. The van der Waals surface area contributed by atoms with Crippen LogP contribution in [-0.2, 0) is 11.3 Å². The van der Waals surface area contributed by atoms with Gasteiger partial charge in [0.2, 0.25) is 0 Å². The molecule has 0 atom stereocenters. The Morgan fingerprint density at radius 1 is 1.25 bits per heavy atom. The Morgan fingerprint density at radius 3 is 2.62 bits per heavy atom. The molecule has 0 amide bonds. The summed E-state index contributed by atoms with van der Waals surface area (Å²) in [5, 5.41) is 9.62. The van der Waals surface area contributed by atoms with Gasteiger partial charge < -0.3 is 5.11 Å². The standard InChI is InChI=1S/C18H18N2O3S/c1-10-6-4-5-7-13(10)16-19-17-15(11(2)12(3)24-17)18(23)20(16)9-8-14(21)22/h4-7H,8-9H2,1-3H3,(H,21,22). The van der Waals surface area contributed by atoms with Gasteiger partial charge in [0, 0.05) is 17.0 Å². The number of fused-ring (bicyclic) bond motifs is 1. The van der Waals surface area contributed by atoms with Crippen LogP contribution in [0.2, 0.25) is 0 Å². The van der Waals surface area contributed by atoms with Crippen LogP contribution in [0, 0.1) is 20.8 Å². The Hall–Kier alpha value is -2.47. The van der Waals surface area contributed by atoms with E-state index < -0.39 is 5.97 Å². The molecule has 1 aromatic carbocycles. The van der Waals surface area contributed by atoms with Crippen LogP contribution in [0.3, 0.4) is 0 Å². The first-order valence-electron chi connectivity index (χ1n) is 7.68. The number of rotatable bonds is 4. The summed E-state index contributed by atoms with van der Waals surface area (Å²) in [7, 11) is 0. The van der Waals surface area contributed by atoms with Gasteiger partial charge in [0.25, 0.3) is 5.56 Å². The maximum atomic E-state index is 13.0. The van der Waals surface area contributed by atoms with Gasteiger partial charge in [0.1, 0.15) is 10.7 Å². The van der Waals surface area contributed by atoms with E-state index in [1.807, 2.05) is 45.0 Å². The molecule has 6 heteroatoms. The first-order valence-corrected chi connectivity index (χ1v) is 8.50. The fraction of sp³-hybridized carbons (Fsp3) is 0.278. The SMILES string of the molecule is Cc1ccccc1-c1nc2sc(C)c(C)c2c(=O)n1CCC(=O)O. The fourth-order valence-electron chi connectivity index (χ4n) is 2.77. The molecule has 0 aliphatic rings. The summed E-state index contributed by atoms with van der Waals surface area (Å²) >= 11 is 1.50. The predicted molar refractivity (Wildman–Crippen MR) is 95.8 cm³/mol. The summed E-state index contributed by atoms with van der Waals surface area (Å²) in [6.45, 7) is 5.94. The Bertz CT molecular complexity index is 1000. The molecule has 0 unspecified atom stereocenters. The van der Waals surface area contributed by atoms with E-state index in [0.29, 0.717) is 16.0 Å². The highest BCUT2D eigenvalue weighted by molar-refractivity contribution is 7.18. The molecule has 124 valence electrons. The fourth-order valence-corrected chi connectivity index (χ4v) is 3.79. The van der Waals surface area contributed by atoms with Crippen molar-refractivity contribution in [2.45, 2.75) is 33.7 Å². The molecule has 3 rings (SSSR count). The van der Waals surface area contributed by atoms with Gasteiger partial charge in [-0.3, -0.25) is 14.2 Å². The van der Waals surface area contributed by atoms with Gasteiger partial charge in [-0.1, -0.05) is 24.3 Å². The van der Waals surface area contributed by atoms with Crippen molar-refractivity contribution in [1.29, 1.82) is 0 Å². The summed E-state index contributed by atoms with van der Waals surface area (Å²) in [5.74, 6) is -0.399. The summed E-state index contributed by atoms with van der Waals surface area (Å²) in [6, 6.07) is 7.69. The Balaban J connectivity index is 2.34. The van der Waals surface area contributed by atoms with Crippen molar-refractivity contribution in [1.82, 2.24) is 9.55 Å². The van der Waals surface area contributed by atoms with Crippen molar-refractivity contribution in [2.75, 3.05) is 0 Å². The topological polar surface area (TPSA) is 72.2 Å². The molecule has 0 bridgehead atoms. The van der Waals surface area contributed by atoms with Gasteiger partial charge in [-0.2, -0.15) is 0 Å². The zero-order valence-electron chi connectivity index (χ0n) is 13.8. The molecular weight excluding hydrogens is 324 g/mol. The predicted octanol–water partition coefficient (Wildman–Crippen LogP) is 3.52. The third kappa shape index (κ3) is 2.73. The van der Waals surface area contributed by atoms with Crippen molar-refractivity contribution in [2.24, 2.45) is 0 Å². The number of carboxylic acid groups (broad SMARTS) is 1. The second-order valence-corrected chi connectivity index (χ2v) is 7.02. The number of hydrogen-bond acceptors (Lipinski definition) is 4. The van der Waals surface area contributed by atoms with Crippen LogP contribution in [0.15, 0.2) is 29.1 Å². The molecule has 3 aromatic rings. The first-order chi connectivity index (χ1) is 11.4. The van der Waals surface area contributed by atoms with E-state index in [1.54, 1.807) is 0 Å². The van der Waals surface area contributed by atoms with Crippen molar-refractivity contribution < 1.29 is 9.90 Å². The number of carboxylic acids is 1. The number of benzene rings is 1. The van der Waals surface area contributed by atoms with Gasteiger partial charge in [0.05, 0.1) is 11.8 Å². The van der Waals surface area contributed by atoms with Gasteiger partial charge >= 0.3 is 5.97 Å². The molecule has 5 nitrogen and oxygen atoms in total. The average Bonchev–Trinajstić information content (AvgIpc) is 2.81. The maximum Gasteiger partial charge on any atom is 0.305 e. The Morgan fingerprint density at radius 2 is 1.96 bits per heavy atom. The van der Waals surface area contributed by atoms with Crippen LogP contribution in [0.4, 0.5) is 0 Å².